The number of rotatable bonds is 3. The van der Waals surface area contributed by atoms with Gasteiger partial charge in [0.1, 0.15) is 11.5 Å². The summed E-state index contributed by atoms with van der Waals surface area (Å²) in [4.78, 5) is 12.9. The van der Waals surface area contributed by atoms with Gasteiger partial charge in [-0.2, -0.15) is 0 Å². The first-order chi connectivity index (χ1) is 11.0. The first-order valence-electron chi connectivity index (χ1n) is 8.13. The fourth-order valence-corrected chi connectivity index (χ4v) is 4.12. The first kappa shape index (κ1) is 16.1. The molecular formula is C19H24O4. The van der Waals surface area contributed by atoms with Gasteiger partial charge in [-0.1, -0.05) is 6.07 Å². The van der Waals surface area contributed by atoms with Gasteiger partial charge in [-0.25, -0.2) is 0 Å². The van der Waals surface area contributed by atoms with Crippen LogP contribution in [-0.2, 0) is 9.53 Å². The SMILES string of the molecule is COc1cc(C)cc(C)c1C1=C(O)C2CC(OC)CCC2C1=O. The number of carbonyl (C=O) groups is 1. The maximum atomic E-state index is 12.9. The van der Waals surface area contributed by atoms with Crippen molar-refractivity contribution < 1.29 is 19.4 Å². The zero-order valence-corrected chi connectivity index (χ0v) is 14.2. The third-order valence-corrected chi connectivity index (χ3v) is 5.24. The van der Waals surface area contributed by atoms with Crippen LogP contribution in [0.5, 0.6) is 5.75 Å². The molecule has 0 amide bonds. The highest BCUT2D eigenvalue weighted by molar-refractivity contribution is 6.25. The van der Waals surface area contributed by atoms with Crippen molar-refractivity contribution in [3.8, 4) is 5.75 Å². The summed E-state index contributed by atoms with van der Waals surface area (Å²) in [6, 6.07) is 3.93. The summed E-state index contributed by atoms with van der Waals surface area (Å²) < 4.78 is 10.9. The Morgan fingerprint density at radius 1 is 1.13 bits per heavy atom. The Kier molecular flexibility index (Phi) is 4.19. The van der Waals surface area contributed by atoms with Gasteiger partial charge in [-0.05, 0) is 50.3 Å². The summed E-state index contributed by atoms with van der Waals surface area (Å²) in [6.07, 6.45) is 2.46. The van der Waals surface area contributed by atoms with E-state index in [9.17, 15) is 9.90 Å². The molecule has 1 aromatic carbocycles. The van der Waals surface area contributed by atoms with Crippen molar-refractivity contribution in [2.45, 2.75) is 39.2 Å². The molecule has 3 atom stereocenters. The van der Waals surface area contributed by atoms with Crippen LogP contribution in [0, 0.1) is 25.7 Å². The summed E-state index contributed by atoms with van der Waals surface area (Å²) >= 11 is 0. The highest BCUT2D eigenvalue weighted by Gasteiger charge is 2.46. The Hall–Kier alpha value is -1.81. The minimum absolute atomic E-state index is 0.0484. The van der Waals surface area contributed by atoms with Crippen LogP contribution in [-0.4, -0.2) is 31.2 Å². The zero-order chi connectivity index (χ0) is 16.7. The van der Waals surface area contributed by atoms with Crippen molar-refractivity contribution in [1.29, 1.82) is 0 Å². The Morgan fingerprint density at radius 3 is 2.52 bits per heavy atom. The standard InChI is InChI=1S/C19H24O4/c1-10-7-11(2)16(15(8-10)23-4)17-18(20)13-6-5-12(22-3)9-14(13)19(17)21/h7-8,12-14,21H,5-6,9H2,1-4H3. The molecule has 1 N–H and O–H groups in total. The van der Waals surface area contributed by atoms with E-state index in [1.54, 1.807) is 14.2 Å². The summed E-state index contributed by atoms with van der Waals surface area (Å²) in [6.45, 7) is 3.95. The first-order valence-corrected chi connectivity index (χ1v) is 8.13. The number of benzene rings is 1. The molecular weight excluding hydrogens is 292 g/mol. The Bertz CT molecular complexity index is 674. The zero-order valence-electron chi connectivity index (χ0n) is 14.2. The molecule has 1 fully saturated rings. The number of carbonyl (C=O) groups excluding carboxylic acids is 1. The summed E-state index contributed by atoms with van der Waals surface area (Å²) in [7, 11) is 3.29. The third kappa shape index (κ3) is 2.55. The number of ketones is 1. The molecule has 4 heteroatoms. The topological polar surface area (TPSA) is 55.8 Å². The van der Waals surface area contributed by atoms with Crippen molar-refractivity contribution in [3.05, 3.63) is 34.6 Å². The predicted molar refractivity (Wildman–Crippen MR) is 88.7 cm³/mol. The van der Waals surface area contributed by atoms with Gasteiger partial charge in [0.05, 0.1) is 18.8 Å². The highest BCUT2D eigenvalue weighted by Crippen LogP contribution is 2.48. The number of methoxy groups -OCH3 is 2. The fourth-order valence-electron chi connectivity index (χ4n) is 4.12. The lowest BCUT2D eigenvalue weighted by Crippen LogP contribution is -2.30. The van der Waals surface area contributed by atoms with Crippen LogP contribution in [0.1, 0.15) is 36.0 Å². The fraction of sp³-hybridized carbons (Fsp3) is 0.526. The normalized spacial score (nSPS) is 27.3. The molecule has 0 aliphatic heterocycles. The minimum Gasteiger partial charge on any atom is -0.511 e. The molecule has 0 saturated heterocycles. The molecule has 3 unspecified atom stereocenters. The van der Waals surface area contributed by atoms with E-state index in [-0.39, 0.29) is 29.5 Å². The smallest absolute Gasteiger partial charge is 0.170 e. The van der Waals surface area contributed by atoms with E-state index in [2.05, 4.69) is 0 Å². The van der Waals surface area contributed by atoms with Crippen molar-refractivity contribution >= 4 is 11.4 Å². The molecule has 0 bridgehead atoms. The van der Waals surface area contributed by atoms with E-state index >= 15 is 0 Å². The van der Waals surface area contributed by atoms with Gasteiger partial charge in [0.2, 0.25) is 0 Å². The van der Waals surface area contributed by atoms with Crippen molar-refractivity contribution in [2.75, 3.05) is 14.2 Å². The number of allylic oxidation sites excluding steroid dienone is 2. The van der Waals surface area contributed by atoms with Crippen LogP contribution < -0.4 is 4.74 Å². The summed E-state index contributed by atoms with van der Waals surface area (Å²) in [5, 5.41) is 10.8. The molecule has 1 aromatic rings. The van der Waals surface area contributed by atoms with Gasteiger partial charge in [-0.3, -0.25) is 4.79 Å². The lowest BCUT2D eigenvalue weighted by molar-refractivity contribution is -0.119. The molecule has 4 nitrogen and oxygen atoms in total. The number of aliphatic hydroxyl groups is 1. The maximum Gasteiger partial charge on any atom is 0.170 e. The van der Waals surface area contributed by atoms with Gasteiger partial charge >= 0.3 is 0 Å². The van der Waals surface area contributed by atoms with Crippen molar-refractivity contribution in [3.63, 3.8) is 0 Å². The van der Waals surface area contributed by atoms with Gasteiger partial charge in [0, 0.05) is 24.5 Å². The number of aryl methyl sites for hydroxylation is 2. The number of aliphatic hydroxyl groups excluding tert-OH is 1. The average molecular weight is 316 g/mol. The molecule has 3 rings (SSSR count). The maximum absolute atomic E-state index is 12.9. The van der Waals surface area contributed by atoms with Crippen LogP contribution >= 0.6 is 0 Å². The second kappa shape index (κ2) is 6.00. The molecule has 0 radical (unpaired) electrons. The lowest BCUT2D eigenvalue weighted by atomic mass is 9.78. The Labute approximate surface area is 137 Å². The van der Waals surface area contributed by atoms with Crippen LogP contribution in [0.4, 0.5) is 0 Å². The summed E-state index contributed by atoms with van der Waals surface area (Å²) in [5.74, 6) is 0.669. The van der Waals surface area contributed by atoms with Crippen LogP contribution in [0.3, 0.4) is 0 Å². The monoisotopic (exact) mass is 316 g/mol. The number of Topliss-reactive ketones (excluding diaryl/α,β-unsaturated/α-hetero) is 1. The van der Waals surface area contributed by atoms with E-state index in [1.165, 1.54) is 0 Å². The molecule has 0 spiro atoms. The van der Waals surface area contributed by atoms with Gasteiger partial charge in [0.15, 0.2) is 5.78 Å². The third-order valence-electron chi connectivity index (χ3n) is 5.24. The molecule has 1 saturated carbocycles. The van der Waals surface area contributed by atoms with Crippen molar-refractivity contribution in [2.24, 2.45) is 11.8 Å². The predicted octanol–water partition coefficient (Wildman–Crippen LogP) is 3.60. The van der Waals surface area contributed by atoms with E-state index in [4.69, 9.17) is 9.47 Å². The number of ether oxygens (including phenoxy) is 2. The number of hydrogen-bond acceptors (Lipinski definition) is 4. The number of hydrogen-bond donors (Lipinski definition) is 1. The Morgan fingerprint density at radius 2 is 1.87 bits per heavy atom. The summed E-state index contributed by atoms with van der Waals surface area (Å²) in [5.41, 5.74) is 3.22. The van der Waals surface area contributed by atoms with Crippen molar-refractivity contribution in [1.82, 2.24) is 0 Å². The molecule has 2 aliphatic carbocycles. The molecule has 0 heterocycles. The molecule has 23 heavy (non-hydrogen) atoms. The van der Waals surface area contributed by atoms with Gasteiger partial charge < -0.3 is 14.6 Å². The van der Waals surface area contributed by atoms with Gasteiger partial charge in [0.25, 0.3) is 0 Å². The highest BCUT2D eigenvalue weighted by atomic mass is 16.5. The van der Waals surface area contributed by atoms with Crippen LogP contribution in [0.2, 0.25) is 0 Å². The van der Waals surface area contributed by atoms with E-state index in [1.807, 2.05) is 26.0 Å². The molecule has 0 aromatic heterocycles. The molecule has 2 aliphatic rings. The quantitative estimate of drug-likeness (QED) is 0.926. The van der Waals surface area contributed by atoms with Gasteiger partial charge in [-0.15, -0.1) is 0 Å². The lowest BCUT2D eigenvalue weighted by Gasteiger charge is -2.30. The number of fused-ring (bicyclic) bond motifs is 1. The average Bonchev–Trinajstić information content (AvgIpc) is 2.78. The van der Waals surface area contributed by atoms with E-state index < -0.39 is 0 Å². The second-order valence-corrected chi connectivity index (χ2v) is 6.67. The Balaban J connectivity index is 2.09. The second-order valence-electron chi connectivity index (χ2n) is 6.67. The van der Waals surface area contributed by atoms with Crippen LogP contribution in [0.15, 0.2) is 17.9 Å². The van der Waals surface area contributed by atoms with Crippen LogP contribution in [0.25, 0.3) is 5.57 Å². The van der Waals surface area contributed by atoms with E-state index in [0.717, 1.165) is 29.5 Å². The molecule has 124 valence electrons. The minimum atomic E-state index is -0.124. The van der Waals surface area contributed by atoms with E-state index in [0.29, 0.717) is 17.7 Å². The largest absolute Gasteiger partial charge is 0.511 e.